The molecule has 0 radical (unpaired) electrons. The molecule has 0 unspecified atom stereocenters. The molecule has 106 valence electrons. The standard InChI is InChI=1S/C17H20O3/c1-9-6-13(18)7-10(2)15(9)16-12(4)17(20-5)11(3)8-14(16)19/h6-8,18-19H,1-5H3. The van der Waals surface area contributed by atoms with E-state index in [1.165, 1.54) is 0 Å². The number of phenolic OH excluding ortho intramolecular Hbond substituents is 2. The Hall–Kier alpha value is -2.16. The maximum Gasteiger partial charge on any atom is 0.125 e. The largest absolute Gasteiger partial charge is 0.508 e. The van der Waals surface area contributed by atoms with E-state index < -0.39 is 0 Å². The summed E-state index contributed by atoms with van der Waals surface area (Å²) in [6, 6.07) is 5.12. The second kappa shape index (κ2) is 5.08. The van der Waals surface area contributed by atoms with Gasteiger partial charge in [-0.05, 0) is 68.1 Å². The lowest BCUT2D eigenvalue weighted by molar-refractivity contribution is 0.406. The fourth-order valence-electron chi connectivity index (χ4n) is 2.91. The van der Waals surface area contributed by atoms with E-state index in [1.807, 2.05) is 27.7 Å². The van der Waals surface area contributed by atoms with Crippen molar-refractivity contribution in [2.24, 2.45) is 0 Å². The normalized spacial score (nSPS) is 10.7. The fourth-order valence-corrected chi connectivity index (χ4v) is 2.91. The Morgan fingerprint density at radius 2 is 1.35 bits per heavy atom. The first kappa shape index (κ1) is 14.3. The third kappa shape index (κ3) is 2.20. The van der Waals surface area contributed by atoms with Crippen LogP contribution in [-0.4, -0.2) is 17.3 Å². The maximum absolute atomic E-state index is 10.3. The number of hydrogen-bond acceptors (Lipinski definition) is 3. The lowest BCUT2D eigenvalue weighted by Crippen LogP contribution is -1.97. The van der Waals surface area contributed by atoms with Crippen LogP contribution >= 0.6 is 0 Å². The Balaban J connectivity index is 2.83. The minimum absolute atomic E-state index is 0.234. The van der Waals surface area contributed by atoms with Gasteiger partial charge in [-0.2, -0.15) is 0 Å². The molecular weight excluding hydrogens is 252 g/mol. The van der Waals surface area contributed by atoms with Gasteiger partial charge in [0.05, 0.1) is 7.11 Å². The molecule has 2 aromatic rings. The molecule has 2 rings (SSSR count). The van der Waals surface area contributed by atoms with Crippen molar-refractivity contribution in [3.8, 4) is 28.4 Å². The topological polar surface area (TPSA) is 49.7 Å². The minimum atomic E-state index is 0.234. The number of aromatic hydroxyl groups is 2. The number of methoxy groups -OCH3 is 1. The molecule has 20 heavy (non-hydrogen) atoms. The van der Waals surface area contributed by atoms with E-state index in [9.17, 15) is 10.2 Å². The highest BCUT2D eigenvalue weighted by Gasteiger charge is 2.18. The van der Waals surface area contributed by atoms with E-state index in [2.05, 4.69) is 0 Å². The molecule has 0 fully saturated rings. The van der Waals surface area contributed by atoms with Crippen molar-refractivity contribution in [2.75, 3.05) is 7.11 Å². The molecule has 0 aromatic heterocycles. The number of phenols is 2. The molecule has 0 saturated carbocycles. The summed E-state index contributed by atoms with van der Waals surface area (Å²) in [4.78, 5) is 0. The van der Waals surface area contributed by atoms with Crippen molar-refractivity contribution in [3.05, 3.63) is 40.5 Å². The number of benzene rings is 2. The van der Waals surface area contributed by atoms with Crippen LogP contribution in [0.5, 0.6) is 17.2 Å². The van der Waals surface area contributed by atoms with Gasteiger partial charge in [0, 0.05) is 11.1 Å². The first-order valence-corrected chi connectivity index (χ1v) is 6.54. The van der Waals surface area contributed by atoms with Crippen LogP contribution in [0.4, 0.5) is 0 Å². The molecule has 0 amide bonds. The van der Waals surface area contributed by atoms with Crippen LogP contribution in [0.3, 0.4) is 0 Å². The second-order valence-corrected chi connectivity index (χ2v) is 5.20. The number of ether oxygens (including phenoxy) is 1. The van der Waals surface area contributed by atoms with Crippen molar-refractivity contribution in [1.29, 1.82) is 0 Å². The zero-order valence-electron chi connectivity index (χ0n) is 12.5. The summed E-state index contributed by atoms with van der Waals surface area (Å²) in [7, 11) is 1.63. The van der Waals surface area contributed by atoms with Crippen molar-refractivity contribution < 1.29 is 14.9 Å². The van der Waals surface area contributed by atoms with Crippen LogP contribution in [0.25, 0.3) is 11.1 Å². The Bertz CT molecular complexity index is 649. The molecule has 0 atom stereocenters. The Morgan fingerprint density at radius 1 is 0.800 bits per heavy atom. The highest BCUT2D eigenvalue weighted by molar-refractivity contribution is 5.81. The fraction of sp³-hybridized carbons (Fsp3) is 0.294. The zero-order chi connectivity index (χ0) is 15.0. The molecule has 0 aliphatic carbocycles. The van der Waals surface area contributed by atoms with Gasteiger partial charge in [0.2, 0.25) is 0 Å². The van der Waals surface area contributed by atoms with Gasteiger partial charge in [-0.25, -0.2) is 0 Å². The third-order valence-electron chi connectivity index (χ3n) is 3.65. The van der Waals surface area contributed by atoms with Gasteiger partial charge in [0.25, 0.3) is 0 Å². The molecule has 3 heteroatoms. The maximum atomic E-state index is 10.3. The summed E-state index contributed by atoms with van der Waals surface area (Å²) in [5.41, 5.74) is 5.36. The smallest absolute Gasteiger partial charge is 0.125 e. The Labute approximate surface area is 119 Å². The Kier molecular flexibility index (Phi) is 3.62. The number of rotatable bonds is 2. The van der Waals surface area contributed by atoms with Crippen LogP contribution in [0.1, 0.15) is 22.3 Å². The van der Waals surface area contributed by atoms with E-state index in [0.717, 1.165) is 39.1 Å². The highest BCUT2D eigenvalue weighted by Crippen LogP contribution is 2.43. The van der Waals surface area contributed by atoms with Gasteiger partial charge in [-0.15, -0.1) is 0 Å². The number of aryl methyl sites for hydroxylation is 3. The van der Waals surface area contributed by atoms with E-state index in [1.54, 1.807) is 25.3 Å². The van der Waals surface area contributed by atoms with Crippen LogP contribution < -0.4 is 4.74 Å². The summed E-state index contributed by atoms with van der Waals surface area (Å²) in [5.74, 6) is 1.25. The van der Waals surface area contributed by atoms with E-state index in [0.29, 0.717) is 0 Å². The van der Waals surface area contributed by atoms with Crippen molar-refractivity contribution in [3.63, 3.8) is 0 Å². The predicted octanol–water partition coefficient (Wildman–Crippen LogP) is 4.01. The summed E-state index contributed by atoms with van der Waals surface area (Å²) in [6.07, 6.45) is 0. The lowest BCUT2D eigenvalue weighted by Gasteiger charge is -2.18. The van der Waals surface area contributed by atoms with Gasteiger partial charge in [-0.3, -0.25) is 0 Å². The van der Waals surface area contributed by atoms with Crippen LogP contribution in [0, 0.1) is 27.7 Å². The molecule has 2 aromatic carbocycles. The average molecular weight is 272 g/mol. The van der Waals surface area contributed by atoms with Crippen molar-refractivity contribution in [2.45, 2.75) is 27.7 Å². The average Bonchev–Trinajstić information content (AvgIpc) is 2.32. The van der Waals surface area contributed by atoms with Crippen LogP contribution in [0.2, 0.25) is 0 Å². The summed E-state index contributed by atoms with van der Waals surface area (Å²) in [5, 5.41) is 20.0. The van der Waals surface area contributed by atoms with Gasteiger partial charge >= 0.3 is 0 Å². The van der Waals surface area contributed by atoms with Gasteiger partial charge in [-0.1, -0.05) is 0 Å². The summed E-state index contributed by atoms with van der Waals surface area (Å²) < 4.78 is 5.44. The first-order valence-electron chi connectivity index (χ1n) is 6.54. The van der Waals surface area contributed by atoms with Crippen LogP contribution in [0.15, 0.2) is 18.2 Å². The van der Waals surface area contributed by atoms with Gasteiger partial charge in [0.1, 0.15) is 17.2 Å². The third-order valence-corrected chi connectivity index (χ3v) is 3.65. The highest BCUT2D eigenvalue weighted by atomic mass is 16.5. The molecule has 2 N–H and O–H groups in total. The second-order valence-electron chi connectivity index (χ2n) is 5.20. The Morgan fingerprint density at radius 3 is 1.85 bits per heavy atom. The molecule has 3 nitrogen and oxygen atoms in total. The summed E-state index contributed by atoms with van der Waals surface area (Å²) >= 11 is 0. The van der Waals surface area contributed by atoms with E-state index in [-0.39, 0.29) is 11.5 Å². The SMILES string of the molecule is COc1c(C)cc(O)c(-c2c(C)cc(O)cc2C)c1C. The molecule has 0 heterocycles. The predicted molar refractivity (Wildman–Crippen MR) is 80.7 cm³/mol. The molecular formula is C17H20O3. The van der Waals surface area contributed by atoms with Crippen molar-refractivity contribution in [1.82, 2.24) is 0 Å². The van der Waals surface area contributed by atoms with Crippen LogP contribution in [-0.2, 0) is 0 Å². The van der Waals surface area contributed by atoms with Gasteiger partial charge in [0.15, 0.2) is 0 Å². The molecule has 0 bridgehead atoms. The van der Waals surface area contributed by atoms with E-state index >= 15 is 0 Å². The monoisotopic (exact) mass is 272 g/mol. The minimum Gasteiger partial charge on any atom is -0.508 e. The zero-order valence-corrected chi connectivity index (χ0v) is 12.5. The number of hydrogen-bond donors (Lipinski definition) is 2. The van der Waals surface area contributed by atoms with Crippen molar-refractivity contribution >= 4 is 0 Å². The molecule has 0 spiro atoms. The molecule has 0 aliphatic heterocycles. The summed E-state index contributed by atoms with van der Waals surface area (Å²) in [6.45, 7) is 7.69. The molecule has 0 aliphatic rings. The van der Waals surface area contributed by atoms with E-state index in [4.69, 9.17) is 4.74 Å². The van der Waals surface area contributed by atoms with Gasteiger partial charge < -0.3 is 14.9 Å². The lowest BCUT2D eigenvalue weighted by atomic mass is 9.90. The first-order chi connectivity index (χ1) is 9.36. The molecule has 0 saturated heterocycles. The quantitative estimate of drug-likeness (QED) is 0.868.